The van der Waals surface area contributed by atoms with Crippen molar-refractivity contribution in [3.8, 4) is 22.6 Å². The van der Waals surface area contributed by atoms with Crippen LogP contribution in [0, 0.1) is 20.8 Å². The van der Waals surface area contributed by atoms with Crippen LogP contribution >= 0.6 is 0 Å². The van der Waals surface area contributed by atoms with Gasteiger partial charge in [0, 0.05) is 39.4 Å². The van der Waals surface area contributed by atoms with Crippen LogP contribution in [0.2, 0.25) is 0 Å². The molecule has 0 saturated carbocycles. The summed E-state index contributed by atoms with van der Waals surface area (Å²) in [5, 5.41) is 3.91. The number of hydrogen-bond acceptors (Lipinski definition) is 4. The van der Waals surface area contributed by atoms with E-state index in [4.69, 9.17) is 13.9 Å². The van der Waals surface area contributed by atoms with Crippen LogP contribution in [0.1, 0.15) is 29.2 Å². The molecule has 0 radical (unpaired) electrons. The molecule has 5 nitrogen and oxygen atoms in total. The molecule has 0 atom stereocenters. The van der Waals surface area contributed by atoms with E-state index >= 15 is 0 Å². The van der Waals surface area contributed by atoms with E-state index in [0.717, 1.165) is 61.4 Å². The first-order valence-corrected chi connectivity index (χ1v) is 11.1. The van der Waals surface area contributed by atoms with E-state index in [1.165, 1.54) is 0 Å². The van der Waals surface area contributed by atoms with Crippen molar-refractivity contribution in [1.82, 2.24) is 0 Å². The quantitative estimate of drug-likeness (QED) is 0.316. The van der Waals surface area contributed by atoms with Gasteiger partial charge in [0.25, 0.3) is 0 Å². The van der Waals surface area contributed by atoms with Crippen LogP contribution in [-0.4, -0.2) is 20.1 Å². The van der Waals surface area contributed by atoms with Crippen molar-refractivity contribution in [2.75, 3.05) is 19.5 Å². The summed E-state index contributed by atoms with van der Waals surface area (Å²) >= 11 is 0. The molecule has 174 valence electrons. The van der Waals surface area contributed by atoms with Gasteiger partial charge < -0.3 is 19.2 Å². The van der Waals surface area contributed by atoms with Crippen molar-refractivity contribution in [1.29, 1.82) is 0 Å². The third-order valence-corrected chi connectivity index (χ3v) is 6.06. The van der Waals surface area contributed by atoms with Gasteiger partial charge in [-0.3, -0.25) is 4.79 Å². The smallest absolute Gasteiger partial charge is 0.248 e. The van der Waals surface area contributed by atoms with Gasteiger partial charge in [0.2, 0.25) is 5.91 Å². The van der Waals surface area contributed by atoms with Gasteiger partial charge in [0.1, 0.15) is 17.1 Å². The number of amides is 1. The Morgan fingerprint density at radius 1 is 0.971 bits per heavy atom. The topological polar surface area (TPSA) is 60.7 Å². The first kappa shape index (κ1) is 23.2. The maximum absolute atomic E-state index is 12.8. The van der Waals surface area contributed by atoms with E-state index in [9.17, 15) is 4.79 Å². The zero-order chi connectivity index (χ0) is 24.4. The Kier molecular flexibility index (Phi) is 6.46. The van der Waals surface area contributed by atoms with Crippen LogP contribution in [0.5, 0.6) is 11.5 Å². The van der Waals surface area contributed by atoms with Gasteiger partial charge in [0.05, 0.1) is 20.5 Å². The number of nitrogens with one attached hydrogen (secondary N) is 1. The van der Waals surface area contributed by atoms with Gasteiger partial charge in [-0.05, 0) is 57.0 Å². The largest absolute Gasteiger partial charge is 0.496 e. The van der Waals surface area contributed by atoms with Crippen molar-refractivity contribution in [2.45, 2.75) is 27.7 Å². The molecule has 0 aliphatic carbocycles. The number of para-hydroxylation sites is 1. The molecule has 0 aliphatic rings. The van der Waals surface area contributed by atoms with Crippen LogP contribution in [0.15, 0.2) is 65.3 Å². The number of hydrogen-bond donors (Lipinski definition) is 1. The number of methoxy groups -OCH3 is 2. The predicted octanol–water partition coefficient (Wildman–Crippen LogP) is 7.08. The summed E-state index contributed by atoms with van der Waals surface area (Å²) in [6, 6.07) is 15.8. The van der Waals surface area contributed by atoms with Crippen LogP contribution < -0.4 is 14.8 Å². The minimum atomic E-state index is -0.193. The van der Waals surface area contributed by atoms with Gasteiger partial charge in [-0.1, -0.05) is 35.9 Å². The number of ether oxygens (including phenoxy) is 2. The highest BCUT2D eigenvalue weighted by atomic mass is 16.5. The molecular formula is C29H29NO4. The molecule has 1 aromatic heterocycles. The van der Waals surface area contributed by atoms with E-state index in [-0.39, 0.29) is 5.91 Å². The zero-order valence-corrected chi connectivity index (χ0v) is 20.4. The Labute approximate surface area is 200 Å². The van der Waals surface area contributed by atoms with Crippen LogP contribution in [0.25, 0.3) is 27.7 Å². The molecule has 1 amide bonds. The fourth-order valence-electron chi connectivity index (χ4n) is 4.34. The molecule has 0 spiro atoms. The highest BCUT2D eigenvalue weighted by Crippen LogP contribution is 2.42. The Hall–Kier alpha value is -3.99. The number of fused-ring (bicyclic) bond motifs is 1. The van der Waals surface area contributed by atoms with Gasteiger partial charge in [0.15, 0.2) is 0 Å². The molecule has 0 fully saturated rings. The highest BCUT2D eigenvalue weighted by molar-refractivity contribution is 6.06. The molecule has 3 aromatic carbocycles. The Balaban J connectivity index is 1.78. The van der Waals surface area contributed by atoms with E-state index in [1.807, 2.05) is 76.2 Å². The molecule has 1 heterocycles. The van der Waals surface area contributed by atoms with Gasteiger partial charge in [-0.15, -0.1) is 0 Å². The number of allylic oxidation sites excluding steroid dienone is 1. The maximum atomic E-state index is 12.8. The van der Waals surface area contributed by atoms with Crippen molar-refractivity contribution in [3.63, 3.8) is 0 Å². The van der Waals surface area contributed by atoms with Gasteiger partial charge >= 0.3 is 0 Å². The fraction of sp³-hybridized carbons (Fsp3) is 0.207. The number of aryl methyl sites for hydroxylation is 3. The molecule has 0 bridgehead atoms. The van der Waals surface area contributed by atoms with Crippen molar-refractivity contribution < 1.29 is 18.7 Å². The van der Waals surface area contributed by atoms with Gasteiger partial charge in [-0.25, -0.2) is 0 Å². The summed E-state index contributed by atoms with van der Waals surface area (Å²) < 4.78 is 17.3. The average Bonchev–Trinajstić information content (AvgIpc) is 3.25. The average molecular weight is 456 g/mol. The monoisotopic (exact) mass is 455 g/mol. The molecule has 5 heteroatoms. The highest BCUT2D eigenvalue weighted by Gasteiger charge is 2.20. The molecule has 34 heavy (non-hydrogen) atoms. The van der Waals surface area contributed by atoms with Crippen molar-refractivity contribution in [3.05, 3.63) is 83.1 Å². The Bertz CT molecular complexity index is 1410. The molecule has 0 unspecified atom stereocenters. The lowest BCUT2D eigenvalue weighted by molar-refractivity contribution is -0.111. The number of furan rings is 1. The second kappa shape index (κ2) is 9.48. The Morgan fingerprint density at radius 3 is 2.44 bits per heavy atom. The van der Waals surface area contributed by atoms with Crippen LogP contribution in [-0.2, 0) is 4.79 Å². The lowest BCUT2D eigenvalue weighted by atomic mass is 9.96. The first-order valence-electron chi connectivity index (χ1n) is 11.1. The second-order valence-corrected chi connectivity index (χ2v) is 8.44. The van der Waals surface area contributed by atoms with Crippen LogP contribution in [0.4, 0.5) is 5.69 Å². The summed E-state index contributed by atoms with van der Waals surface area (Å²) in [6.07, 6.45) is 3.34. The summed E-state index contributed by atoms with van der Waals surface area (Å²) in [5.74, 6) is 1.25. The summed E-state index contributed by atoms with van der Waals surface area (Å²) in [4.78, 5) is 12.8. The van der Waals surface area contributed by atoms with Crippen molar-refractivity contribution >= 4 is 28.1 Å². The maximum Gasteiger partial charge on any atom is 0.248 e. The number of benzene rings is 3. The van der Waals surface area contributed by atoms with E-state index in [1.54, 1.807) is 26.6 Å². The predicted molar refractivity (Wildman–Crippen MR) is 138 cm³/mol. The third-order valence-electron chi connectivity index (χ3n) is 6.06. The fourth-order valence-corrected chi connectivity index (χ4v) is 4.34. The van der Waals surface area contributed by atoms with E-state index < -0.39 is 0 Å². The molecule has 4 aromatic rings. The lowest BCUT2D eigenvalue weighted by Crippen LogP contribution is -2.10. The molecule has 4 rings (SSSR count). The Morgan fingerprint density at radius 2 is 1.74 bits per heavy atom. The third kappa shape index (κ3) is 4.29. The first-order chi connectivity index (χ1) is 16.3. The number of anilines is 1. The van der Waals surface area contributed by atoms with Crippen molar-refractivity contribution in [2.24, 2.45) is 0 Å². The van der Waals surface area contributed by atoms with E-state index in [2.05, 4.69) is 5.32 Å². The zero-order valence-electron chi connectivity index (χ0n) is 20.4. The molecular weight excluding hydrogens is 426 g/mol. The SMILES string of the molecule is COc1ccccc1-c1coc2c(C)c(OC)c(/C(C)=C/C(=O)Nc3ccc(C)cc3C)cc12. The minimum absolute atomic E-state index is 0.193. The number of carbonyl (C=O) groups is 1. The molecule has 0 aliphatic heterocycles. The molecule has 1 N–H and O–H groups in total. The normalized spacial score (nSPS) is 11.5. The van der Waals surface area contributed by atoms with E-state index in [0.29, 0.717) is 5.75 Å². The number of carbonyl (C=O) groups excluding carboxylic acids is 1. The number of rotatable bonds is 6. The van der Waals surface area contributed by atoms with Crippen LogP contribution in [0.3, 0.4) is 0 Å². The second-order valence-electron chi connectivity index (χ2n) is 8.44. The minimum Gasteiger partial charge on any atom is -0.496 e. The standard InChI is InChI=1S/C29H29NO4/c1-17-11-12-25(19(3)13-17)30-27(31)14-18(2)22-15-23-24(21-9-7-8-10-26(21)32-5)16-34-29(23)20(4)28(22)33-6/h7-16H,1-6H3,(H,30,31)/b18-14+. The summed E-state index contributed by atoms with van der Waals surface area (Å²) in [5.41, 5.74) is 8.08. The van der Waals surface area contributed by atoms with Gasteiger partial charge in [-0.2, -0.15) is 0 Å². The summed E-state index contributed by atoms with van der Waals surface area (Å²) in [7, 11) is 3.28. The lowest BCUT2D eigenvalue weighted by Gasteiger charge is -2.14. The molecule has 0 saturated heterocycles. The summed E-state index contributed by atoms with van der Waals surface area (Å²) in [6.45, 7) is 7.89.